The van der Waals surface area contributed by atoms with E-state index in [2.05, 4.69) is 0 Å². The zero-order valence-corrected chi connectivity index (χ0v) is 9.81. The van der Waals surface area contributed by atoms with Gasteiger partial charge in [-0.1, -0.05) is 0 Å². The third-order valence-corrected chi connectivity index (χ3v) is 2.72. The minimum Gasteiger partial charge on any atom is -0.493 e. The molecule has 2 rings (SSSR count). The lowest BCUT2D eigenvalue weighted by atomic mass is 10.0. The summed E-state index contributed by atoms with van der Waals surface area (Å²) in [5, 5.41) is 8.90. The van der Waals surface area contributed by atoms with Gasteiger partial charge in [0.25, 0.3) is 0 Å². The van der Waals surface area contributed by atoms with Crippen molar-refractivity contribution in [2.75, 3.05) is 26.9 Å². The largest absolute Gasteiger partial charge is 0.493 e. The molecule has 0 aromatic heterocycles. The summed E-state index contributed by atoms with van der Waals surface area (Å²) in [6.45, 7) is 1.10. The fourth-order valence-electron chi connectivity index (χ4n) is 1.81. The topological polar surface area (TPSA) is 73.9 Å². The van der Waals surface area contributed by atoms with Crippen LogP contribution in [-0.4, -0.2) is 32.0 Å². The lowest BCUT2D eigenvalue weighted by molar-refractivity contribution is 0.164. The maximum atomic E-state index is 8.90. The number of hydrogen-bond donors (Lipinski definition) is 2. The van der Waals surface area contributed by atoms with Gasteiger partial charge in [-0.2, -0.15) is 0 Å². The third-order valence-electron chi connectivity index (χ3n) is 2.72. The Bertz CT molecular complexity index is 377. The molecule has 1 atom stereocenters. The molecule has 1 aromatic rings. The van der Waals surface area contributed by atoms with Gasteiger partial charge in [0, 0.05) is 12.6 Å². The number of ether oxygens (including phenoxy) is 3. The van der Waals surface area contributed by atoms with Crippen LogP contribution in [0.15, 0.2) is 12.1 Å². The number of nitrogens with two attached hydrogens (primary N) is 1. The molecule has 0 amide bonds. The smallest absolute Gasteiger partial charge is 0.203 e. The van der Waals surface area contributed by atoms with Gasteiger partial charge < -0.3 is 25.1 Å². The fourth-order valence-corrected chi connectivity index (χ4v) is 1.81. The van der Waals surface area contributed by atoms with Gasteiger partial charge in [-0.25, -0.2) is 0 Å². The van der Waals surface area contributed by atoms with E-state index < -0.39 is 0 Å². The Morgan fingerprint density at radius 3 is 2.88 bits per heavy atom. The maximum Gasteiger partial charge on any atom is 0.203 e. The van der Waals surface area contributed by atoms with Crippen LogP contribution in [0, 0.1) is 0 Å². The first-order valence-corrected chi connectivity index (χ1v) is 5.60. The second-order valence-corrected chi connectivity index (χ2v) is 3.87. The summed E-state index contributed by atoms with van der Waals surface area (Å²) in [5.41, 5.74) is 6.83. The summed E-state index contributed by atoms with van der Waals surface area (Å²) in [5.74, 6) is 1.89. The molecular formula is C12H17NO4. The zero-order valence-electron chi connectivity index (χ0n) is 9.81. The lowest BCUT2D eigenvalue weighted by Gasteiger charge is -2.22. The molecule has 1 heterocycles. The Hall–Kier alpha value is -1.46. The maximum absolute atomic E-state index is 8.90. The monoisotopic (exact) mass is 239 g/mol. The molecule has 0 saturated heterocycles. The van der Waals surface area contributed by atoms with Crippen LogP contribution < -0.4 is 19.9 Å². The van der Waals surface area contributed by atoms with Crippen molar-refractivity contribution in [1.82, 2.24) is 0 Å². The molecule has 0 bridgehead atoms. The zero-order chi connectivity index (χ0) is 12.3. The Balaban J connectivity index is 2.35. The van der Waals surface area contributed by atoms with Gasteiger partial charge in [0.1, 0.15) is 13.2 Å². The summed E-state index contributed by atoms with van der Waals surface area (Å²) in [7, 11) is 1.58. The minimum absolute atomic E-state index is 0.0535. The molecule has 0 spiro atoms. The highest BCUT2D eigenvalue weighted by atomic mass is 16.6. The van der Waals surface area contributed by atoms with Crippen LogP contribution in [0.25, 0.3) is 0 Å². The van der Waals surface area contributed by atoms with E-state index in [1.165, 1.54) is 0 Å². The number of rotatable bonds is 4. The van der Waals surface area contributed by atoms with Crippen LogP contribution in [0.3, 0.4) is 0 Å². The van der Waals surface area contributed by atoms with Crippen LogP contribution in [0.4, 0.5) is 0 Å². The Morgan fingerprint density at radius 2 is 2.18 bits per heavy atom. The first-order valence-electron chi connectivity index (χ1n) is 5.60. The van der Waals surface area contributed by atoms with Crippen LogP contribution in [-0.2, 0) is 0 Å². The normalized spacial score (nSPS) is 15.5. The molecule has 0 fully saturated rings. The van der Waals surface area contributed by atoms with Gasteiger partial charge in [-0.05, 0) is 24.1 Å². The van der Waals surface area contributed by atoms with Crippen LogP contribution in [0.2, 0.25) is 0 Å². The van der Waals surface area contributed by atoms with Crippen molar-refractivity contribution in [1.29, 1.82) is 0 Å². The van der Waals surface area contributed by atoms with Gasteiger partial charge in [0.05, 0.1) is 7.11 Å². The number of aliphatic hydroxyl groups is 1. The van der Waals surface area contributed by atoms with Crippen molar-refractivity contribution in [2.45, 2.75) is 12.5 Å². The Morgan fingerprint density at radius 1 is 1.41 bits per heavy atom. The molecule has 1 aliphatic rings. The molecule has 0 aliphatic carbocycles. The van der Waals surface area contributed by atoms with E-state index >= 15 is 0 Å². The van der Waals surface area contributed by atoms with E-state index in [0.717, 1.165) is 5.56 Å². The number of benzene rings is 1. The van der Waals surface area contributed by atoms with Crippen LogP contribution in [0.5, 0.6) is 17.2 Å². The van der Waals surface area contributed by atoms with Crippen molar-refractivity contribution in [3.8, 4) is 17.2 Å². The van der Waals surface area contributed by atoms with Crippen molar-refractivity contribution in [3.63, 3.8) is 0 Å². The summed E-state index contributed by atoms with van der Waals surface area (Å²) in [4.78, 5) is 0. The number of hydrogen-bond acceptors (Lipinski definition) is 5. The average Bonchev–Trinajstić information content (AvgIpc) is 2.37. The summed E-state index contributed by atoms with van der Waals surface area (Å²) in [6, 6.07) is 3.44. The molecule has 17 heavy (non-hydrogen) atoms. The van der Waals surface area contributed by atoms with Crippen LogP contribution in [0.1, 0.15) is 18.0 Å². The minimum atomic E-state index is -0.232. The fraction of sp³-hybridized carbons (Fsp3) is 0.500. The quantitative estimate of drug-likeness (QED) is 0.814. The van der Waals surface area contributed by atoms with Gasteiger partial charge in [0.2, 0.25) is 5.75 Å². The molecule has 1 aromatic carbocycles. The van der Waals surface area contributed by atoms with Crippen molar-refractivity contribution >= 4 is 0 Å². The molecule has 5 nitrogen and oxygen atoms in total. The molecular weight excluding hydrogens is 222 g/mol. The van der Waals surface area contributed by atoms with Gasteiger partial charge in [-0.3, -0.25) is 0 Å². The van der Waals surface area contributed by atoms with E-state index in [0.29, 0.717) is 36.9 Å². The number of methoxy groups -OCH3 is 1. The SMILES string of the molecule is COc1cc(C(N)CCO)cc2c1OCCO2. The van der Waals surface area contributed by atoms with E-state index in [1.807, 2.05) is 12.1 Å². The van der Waals surface area contributed by atoms with Gasteiger partial charge in [-0.15, -0.1) is 0 Å². The summed E-state index contributed by atoms with van der Waals surface area (Å²) < 4.78 is 16.3. The summed E-state index contributed by atoms with van der Waals surface area (Å²) >= 11 is 0. The highest BCUT2D eigenvalue weighted by Gasteiger charge is 2.20. The van der Waals surface area contributed by atoms with E-state index in [9.17, 15) is 0 Å². The molecule has 1 unspecified atom stereocenters. The molecule has 94 valence electrons. The molecule has 0 saturated carbocycles. The standard InChI is InChI=1S/C12H17NO4/c1-15-10-6-8(9(13)2-3-14)7-11-12(10)17-5-4-16-11/h6-7,9,14H,2-5,13H2,1H3. The highest BCUT2D eigenvalue weighted by molar-refractivity contribution is 5.55. The first kappa shape index (κ1) is 12.0. The van der Waals surface area contributed by atoms with Crippen molar-refractivity contribution in [2.24, 2.45) is 5.73 Å². The number of aliphatic hydroxyl groups excluding tert-OH is 1. The molecule has 1 aliphatic heterocycles. The first-order chi connectivity index (χ1) is 8.26. The van der Waals surface area contributed by atoms with Crippen molar-refractivity contribution < 1.29 is 19.3 Å². The highest BCUT2D eigenvalue weighted by Crippen LogP contribution is 2.41. The predicted molar refractivity (Wildman–Crippen MR) is 62.6 cm³/mol. The molecule has 0 radical (unpaired) electrons. The predicted octanol–water partition coefficient (Wildman–Crippen LogP) is 0.849. The van der Waals surface area contributed by atoms with Crippen LogP contribution >= 0.6 is 0 Å². The molecule has 5 heteroatoms. The number of fused-ring (bicyclic) bond motifs is 1. The second-order valence-electron chi connectivity index (χ2n) is 3.87. The third kappa shape index (κ3) is 2.45. The lowest BCUT2D eigenvalue weighted by Crippen LogP contribution is -2.18. The van der Waals surface area contributed by atoms with Gasteiger partial charge in [0.15, 0.2) is 11.5 Å². The second kappa shape index (κ2) is 5.25. The van der Waals surface area contributed by atoms with Gasteiger partial charge >= 0.3 is 0 Å². The van der Waals surface area contributed by atoms with E-state index in [-0.39, 0.29) is 12.6 Å². The molecule has 3 N–H and O–H groups in total. The Kier molecular flexibility index (Phi) is 3.71. The summed E-state index contributed by atoms with van der Waals surface area (Å²) in [6.07, 6.45) is 0.503. The van der Waals surface area contributed by atoms with E-state index in [4.69, 9.17) is 25.1 Å². The Labute approximate surface area is 100 Å². The average molecular weight is 239 g/mol. The van der Waals surface area contributed by atoms with Crippen molar-refractivity contribution in [3.05, 3.63) is 17.7 Å². The van der Waals surface area contributed by atoms with E-state index in [1.54, 1.807) is 7.11 Å².